The Hall–Kier alpha value is -0.0231. The van der Waals surface area contributed by atoms with Gasteiger partial charge < -0.3 is 4.43 Å². The number of rotatable bonds is 3. The molecule has 1 nitrogen and oxygen atoms in total. The van der Waals surface area contributed by atoms with Crippen molar-refractivity contribution in [2.24, 2.45) is 0 Å². The fraction of sp³-hybridized carbons (Fsp3) is 0.538. The van der Waals surface area contributed by atoms with Crippen LogP contribution >= 0.6 is 23.2 Å². The Morgan fingerprint density at radius 1 is 1.06 bits per heavy atom. The maximum Gasteiger partial charge on any atom is 0.192 e. The van der Waals surface area contributed by atoms with Gasteiger partial charge in [0, 0.05) is 10.0 Å². The van der Waals surface area contributed by atoms with Crippen LogP contribution in [0.5, 0.6) is 0 Å². The molecule has 0 aromatic heterocycles. The molecule has 0 heterocycles. The normalized spacial score (nSPS) is 12.9. The van der Waals surface area contributed by atoms with Gasteiger partial charge in [0.15, 0.2) is 8.32 Å². The zero-order valence-electron chi connectivity index (χ0n) is 11.1. The Morgan fingerprint density at radius 2 is 1.53 bits per heavy atom. The van der Waals surface area contributed by atoms with Crippen LogP contribution in [0.2, 0.25) is 28.2 Å². The van der Waals surface area contributed by atoms with E-state index in [1.165, 1.54) is 0 Å². The molecule has 0 bridgehead atoms. The summed E-state index contributed by atoms with van der Waals surface area (Å²) in [5, 5.41) is 1.53. The van der Waals surface area contributed by atoms with Gasteiger partial charge in [-0.25, -0.2) is 0 Å². The highest BCUT2D eigenvalue weighted by molar-refractivity contribution is 6.74. The van der Waals surface area contributed by atoms with Crippen LogP contribution in [0.15, 0.2) is 18.2 Å². The minimum atomic E-state index is -1.71. The van der Waals surface area contributed by atoms with E-state index in [1.807, 2.05) is 12.1 Å². The Bertz CT molecular complexity index is 377. The van der Waals surface area contributed by atoms with E-state index in [9.17, 15) is 0 Å². The van der Waals surface area contributed by atoms with Crippen LogP contribution in [-0.2, 0) is 11.0 Å². The lowest BCUT2D eigenvalue weighted by atomic mass is 10.2. The molecule has 1 aromatic rings. The molecular formula is C13H20Cl2OSi. The van der Waals surface area contributed by atoms with Gasteiger partial charge in [-0.05, 0) is 41.9 Å². The molecule has 0 aliphatic carbocycles. The molecule has 0 aliphatic rings. The van der Waals surface area contributed by atoms with Gasteiger partial charge in [-0.15, -0.1) is 0 Å². The molecule has 96 valence electrons. The first-order valence-electron chi connectivity index (χ1n) is 5.71. The SMILES string of the molecule is CC(C)(C)[Si](C)(C)OCc1cc(Cl)cc(Cl)c1. The van der Waals surface area contributed by atoms with Crippen LogP contribution < -0.4 is 0 Å². The van der Waals surface area contributed by atoms with E-state index in [4.69, 9.17) is 27.6 Å². The van der Waals surface area contributed by atoms with Crippen molar-refractivity contribution in [2.45, 2.75) is 45.5 Å². The molecule has 0 aliphatic heterocycles. The summed E-state index contributed by atoms with van der Waals surface area (Å²) in [6.07, 6.45) is 0. The summed E-state index contributed by atoms with van der Waals surface area (Å²) in [4.78, 5) is 0. The van der Waals surface area contributed by atoms with Gasteiger partial charge in [0.2, 0.25) is 0 Å². The third-order valence-corrected chi connectivity index (χ3v) is 8.24. The summed E-state index contributed by atoms with van der Waals surface area (Å²) in [5.41, 5.74) is 1.03. The molecule has 1 rings (SSSR count). The maximum absolute atomic E-state index is 6.11. The highest BCUT2D eigenvalue weighted by atomic mass is 35.5. The molecule has 1 aromatic carbocycles. The van der Waals surface area contributed by atoms with Gasteiger partial charge in [0.25, 0.3) is 0 Å². The second-order valence-electron chi connectivity index (χ2n) is 5.83. The largest absolute Gasteiger partial charge is 0.413 e. The van der Waals surface area contributed by atoms with Gasteiger partial charge in [-0.1, -0.05) is 44.0 Å². The van der Waals surface area contributed by atoms with Crippen LogP contribution in [0.3, 0.4) is 0 Å². The minimum absolute atomic E-state index is 0.218. The lowest BCUT2D eigenvalue weighted by Gasteiger charge is -2.36. The second-order valence-corrected chi connectivity index (χ2v) is 11.5. The molecule has 4 heteroatoms. The first-order chi connectivity index (χ1) is 7.62. The summed E-state index contributed by atoms with van der Waals surface area (Å²) in [5.74, 6) is 0. The number of halogens is 2. The lowest BCUT2D eigenvalue weighted by molar-refractivity contribution is 0.276. The molecule has 17 heavy (non-hydrogen) atoms. The Morgan fingerprint density at radius 3 is 1.94 bits per heavy atom. The molecular weight excluding hydrogens is 271 g/mol. The van der Waals surface area contributed by atoms with E-state index >= 15 is 0 Å². The number of benzene rings is 1. The standard InChI is InChI=1S/C13H20Cl2OSi/c1-13(2,3)17(4,5)16-9-10-6-11(14)8-12(15)7-10/h6-8H,9H2,1-5H3. The van der Waals surface area contributed by atoms with Crippen molar-refractivity contribution in [3.8, 4) is 0 Å². The number of hydrogen-bond acceptors (Lipinski definition) is 1. The van der Waals surface area contributed by atoms with E-state index in [2.05, 4.69) is 33.9 Å². The topological polar surface area (TPSA) is 9.23 Å². The Kier molecular flexibility index (Phi) is 4.70. The van der Waals surface area contributed by atoms with E-state index in [1.54, 1.807) is 6.07 Å². The Labute approximate surface area is 115 Å². The molecule has 0 saturated carbocycles. The van der Waals surface area contributed by atoms with Crippen molar-refractivity contribution in [1.29, 1.82) is 0 Å². The lowest BCUT2D eigenvalue weighted by Crippen LogP contribution is -2.40. The third-order valence-electron chi connectivity index (χ3n) is 3.33. The maximum atomic E-state index is 6.11. The fourth-order valence-electron chi connectivity index (χ4n) is 1.17. The minimum Gasteiger partial charge on any atom is -0.413 e. The molecule has 0 amide bonds. The van der Waals surface area contributed by atoms with Crippen molar-refractivity contribution in [2.75, 3.05) is 0 Å². The summed E-state index contributed by atoms with van der Waals surface area (Å²) in [6, 6.07) is 5.54. The molecule has 0 spiro atoms. The molecule has 0 unspecified atom stereocenters. The van der Waals surface area contributed by atoms with Crippen molar-refractivity contribution >= 4 is 31.5 Å². The predicted molar refractivity (Wildman–Crippen MR) is 78.4 cm³/mol. The predicted octanol–water partition coefficient (Wildman–Crippen LogP) is 5.52. The van der Waals surface area contributed by atoms with E-state index < -0.39 is 8.32 Å². The molecule has 0 atom stereocenters. The van der Waals surface area contributed by atoms with E-state index in [0.29, 0.717) is 16.7 Å². The van der Waals surface area contributed by atoms with Gasteiger partial charge in [-0.3, -0.25) is 0 Å². The smallest absolute Gasteiger partial charge is 0.192 e. The van der Waals surface area contributed by atoms with Crippen LogP contribution in [0, 0.1) is 0 Å². The second kappa shape index (κ2) is 5.31. The molecule has 0 saturated heterocycles. The van der Waals surface area contributed by atoms with Gasteiger partial charge >= 0.3 is 0 Å². The van der Waals surface area contributed by atoms with E-state index in [0.717, 1.165) is 5.56 Å². The van der Waals surface area contributed by atoms with Crippen LogP contribution in [0.4, 0.5) is 0 Å². The molecule has 0 fully saturated rings. The highest BCUT2D eigenvalue weighted by Gasteiger charge is 2.36. The summed E-state index contributed by atoms with van der Waals surface area (Å²) in [6.45, 7) is 11.7. The van der Waals surface area contributed by atoms with Crippen LogP contribution in [0.1, 0.15) is 26.3 Å². The monoisotopic (exact) mass is 290 g/mol. The van der Waals surface area contributed by atoms with Crippen LogP contribution in [-0.4, -0.2) is 8.32 Å². The van der Waals surface area contributed by atoms with Crippen molar-refractivity contribution < 1.29 is 4.43 Å². The van der Waals surface area contributed by atoms with Crippen LogP contribution in [0.25, 0.3) is 0 Å². The average Bonchev–Trinajstić information content (AvgIpc) is 2.11. The average molecular weight is 291 g/mol. The first kappa shape index (κ1) is 15.0. The quantitative estimate of drug-likeness (QED) is 0.667. The molecule has 0 N–H and O–H groups in total. The zero-order valence-corrected chi connectivity index (χ0v) is 13.6. The fourth-order valence-corrected chi connectivity index (χ4v) is 2.71. The summed E-state index contributed by atoms with van der Waals surface area (Å²) < 4.78 is 6.11. The molecule has 0 radical (unpaired) electrons. The van der Waals surface area contributed by atoms with Crippen molar-refractivity contribution in [1.82, 2.24) is 0 Å². The van der Waals surface area contributed by atoms with Crippen molar-refractivity contribution in [3.63, 3.8) is 0 Å². The van der Waals surface area contributed by atoms with Gasteiger partial charge in [0.05, 0.1) is 6.61 Å². The summed E-state index contributed by atoms with van der Waals surface area (Å²) in [7, 11) is -1.71. The number of hydrogen-bond donors (Lipinski definition) is 0. The third kappa shape index (κ3) is 4.29. The van der Waals surface area contributed by atoms with Gasteiger partial charge in [0.1, 0.15) is 0 Å². The summed E-state index contributed by atoms with van der Waals surface area (Å²) >= 11 is 11.9. The highest BCUT2D eigenvalue weighted by Crippen LogP contribution is 2.37. The Balaban J connectivity index is 2.74. The van der Waals surface area contributed by atoms with E-state index in [-0.39, 0.29) is 5.04 Å². The van der Waals surface area contributed by atoms with Crippen molar-refractivity contribution in [3.05, 3.63) is 33.8 Å². The zero-order chi connectivity index (χ0) is 13.3. The first-order valence-corrected chi connectivity index (χ1v) is 9.37. The van der Waals surface area contributed by atoms with Gasteiger partial charge in [-0.2, -0.15) is 0 Å².